The summed E-state index contributed by atoms with van der Waals surface area (Å²) in [6.45, 7) is 2.90. The Morgan fingerprint density at radius 1 is 1.00 bits per heavy atom. The summed E-state index contributed by atoms with van der Waals surface area (Å²) in [7, 11) is 0. The van der Waals surface area contributed by atoms with Crippen LogP contribution in [-0.2, 0) is 23.8 Å². The van der Waals surface area contributed by atoms with E-state index in [1.165, 1.54) is 11.6 Å². The maximum atomic E-state index is 13.3. The molecule has 0 fully saturated rings. The molecule has 0 aliphatic heterocycles. The first-order valence-electron chi connectivity index (χ1n) is 8.27. The van der Waals surface area contributed by atoms with Gasteiger partial charge in [0.25, 0.3) is 0 Å². The Morgan fingerprint density at radius 2 is 1.81 bits per heavy atom. The van der Waals surface area contributed by atoms with Crippen LogP contribution in [0.15, 0.2) is 53.7 Å². The zero-order valence-corrected chi connectivity index (χ0v) is 16.8. The molecule has 0 aliphatic rings. The molecule has 1 heterocycles. The second-order valence-corrected chi connectivity index (χ2v) is 8.05. The summed E-state index contributed by atoms with van der Waals surface area (Å²) in [5, 5.41) is 10.3. The topological polar surface area (TPSA) is 30.7 Å². The van der Waals surface area contributed by atoms with Gasteiger partial charge in [-0.05, 0) is 42.3 Å². The fourth-order valence-corrected chi connectivity index (χ4v) is 4.48. The normalized spacial score (nSPS) is 11.0. The van der Waals surface area contributed by atoms with Gasteiger partial charge in [0.05, 0.1) is 5.75 Å². The molecule has 26 heavy (non-hydrogen) atoms. The van der Waals surface area contributed by atoms with Crippen molar-refractivity contribution in [1.82, 2.24) is 14.8 Å². The minimum Gasteiger partial charge on any atom is -0.306 e. The standard InChI is InChI=1S/C19H19ClFN3S2/c1-2-24-18(13-25-11-14-6-8-16(20)9-7-14)22-23-19(24)26-12-15-4-3-5-17(21)10-15/h3-10H,2,11-13H2,1H3. The maximum Gasteiger partial charge on any atom is 0.191 e. The highest BCUT2D eigenvalue weighted by molar-refractivity contribution is 7.98. The van der Waals surface area contributed by atoms with Gasteiger partial charge in [0.15, 0.2) is 5.16 Å². The minimum absolute atomic E-state index is 0.209. The second kappa shape index (κ2) is 9.44. The number of thioether (sulfide) groups is 2. The third kappa shape index (κ3) is 5.25. The molecule has 0 saturated carbocycles. The zero-order valence-electron chi connectivity index (χ0n) is 14.4. The van der Waals surface area contributed by atoms with Gasteiger partial charge < -0.3 is 4.57 Å². The number of rotatable bonds is 8. The Hall–Kier alpha value is -1.50. The third-order valence-electron chi connectivity index (χ3n) is 3.78. The van der Waals surface area contributed by atoms with Crippen LogP contribution in [0.4, 0.5) is 4.39 Å². The van der Waals surface area contributed by atoms with Gasteiger partial charge >= 0.3 is 0 Å². The molecule has 3 rings (SSSR count). The molecule has 7 heteroatoms. The predicted octanol–water partition coefficient (Wildman–Crippen LogP) is 5.82. The molecule has 136 valence electrons. The van der Waals surface area contributed by atoms with E-state index in [2.05, 4.69) is 21.7 Å². The number of nitrogens with zero attached hydrogens (tertiary/aromatic N) is 3. The Labute approximate surface area is 166 Å². The number of hydrogen-bond donors (Lipinski definition) is 0. The van der Waals surface area contributed by atoms with Crippen LogP contribution in [0, 0.1) is 5.82 Å². The van der Waals surface area contributed by atoms with Crippen LogP contribution in [0.1, 0.15) is 23.9 Å². The predicted molar refractivity (Wildman–Crippen MR) is 108 cm³/mol. The van der Waals surface area contributed by atoms with Crippen molar-refractivity contribution >= 4 is 35.1 Å². The molecule has 0 radical (unpaired) electrons. The summed E-state index contributed by atoms with van der Waals surface area (Å²) in [5.74, 6) is 3.13. The van der Waals surface area contributed by atoms with Gasteiger partial charge in [0.1, 0.15) is 11.6 Å². The van der Waals surface area contributed by atoms with Gasteiger partial charge in [-0.3, -0.25) is 0 Å². The average Bonchev–Trinajstić information content (AvgIpc) is 3.03. The second-order valence-electron chi connectivity index (χ2n) is 5.68. The van der Waals surface area contributed by atoms with Crippen molar-refractivity contribution in [3.05, 3.63) is 76.3 Å². The highest BCUT2D eigenvalue weighted by Crippen LogP contribution is 2.25. The first kappa shape index (κ1) is 19.3. The molecule has 0 amide bonds. The summed E-state index contributed by atoms with van der Waals surface area (Å²) in [4.78, 5) is 0. The van der Waals surface area contributed by atoms with Gasteiger partial charge in [0, 0.05) is 23.1 Å². The van der Waals surface area contributed by atoms with Crippen LogP contribution < -0.4 is 0 Å². The highest BCUT2D eigenvalue weighted by atomic mass is 35.5. The molecule has 0 spiro atoms. The number of benzene rings is 2. The molecule has 0 N–H and O–H groups in total. The molecule has 2 aromatic carbocycles. The molecular weight excluding hydrogens is 389 g/mol. The third-order valence-corrected chi connectivity index (χ3v) is 6.07. The summed E-state index contributed by atoms with van der Waals surface area (Å²) in [6, 6.07) is 14.6. The smallest absolute Gasteiger partial charge is 0.191 e. The Kier molecular flexibility index (Phi) is 7.00. The molecule has 0 unspecified atom stereocenters. The summed E-state index contributed by atoms with van der Waals surface area (Å²) in [5.41, 5.74) is 2.18. The molecule has 0 aliphatic carbocycles. The van der Waals surface area contributed by atoms with E-state index in [1.807, 2.05) is 30.3 Å². The molecular formula is C19H19ClFN3S2. The van der Waals surface area contributed by atoms with Crippen LogP contribution in [0.25, 0.3) is 0 Å². The van der Waals surface area contributed by atoms with Crippen LogP contribution in [0.3, 0.4) is 0 Å². The van der Waals surface area contributed by atoms with E-state index in [0.29, 0.717) is 5.75 Å². The van der Waals surface area contributed by atoms with Crippen molar-refractivity contribution in [1.29, 1.82) is 0 Å². The largest absolute Gasteiger partial charge is 0.306 e. The van der Waals surface area contributed by atoms with Crippen molar-refractivity contribution < 1.29 is 4.39 Å². The van der Waals surface area contributed by atoms with Crippen LogP contribution >= 0.6 is 35.1 Å². The van der Waals surface area contributed by atoms with Crippen molar-refractivity contribution in [3.63, 3.8) is 0 Å². The first-order valence-corrected chi connectivity index (χ1v) is 10.8. The lowest BCUT2D eigenvalue weighted by molar-refractivity contribution is 0.626. The summed E-state index contributed by atoms with van der Waals surface area (Å²) in [6.07, 6.45) is 0. The summed E-state index contributed by atoms with van der Waals surface area (Å²) >= 11 is 9.30. The van der Waals surface area contributed by atoms with E-state index in [-0.39, 0.29) is 5.82 Å². The van der Waals surface area contributed by atoms with Gasteiger partial charge in [-0.1, -0.05) is 47.6 Å². The van der Waals surface area contributed by atoms with Crippen molar-refractivity contribution in [2.45, 2.75) is 35.9 Å². The Morgan fingerprint density at radius 3 is 2.54 bits per heavy atom. The maximum absolute atomic E-state index is 13.3. The molecule has 0 bridgehead atoms. The molecule has 3 aromatic rings. The van der Waals surface area contributed by atoms with Crippen molar-refractivity contribution in [2.75, 3.05) is 0 Å². The van der Waals surface area contributed by atoms with Crippen LogP contribution in [0.2, 0.25) is 5.02 Å². The molecule has 0 saturated heterocycles. The fraction of sp³-hybridized carbons (Fsp3) is 0.263. The fourth-order valence-electron chi connectivity index (χ4n) is 2.47. The van der Waals surface area contributed by atoms with E-state index in [0.717, 1.165) is 39.6 Å². The van der Waals surface area contributed by atoms with E-state index in [4.69, 9.17) is 11.6 Å². The van der Waals surface area contributed by atoms with Crippen molar-refractivity contribution in [3.8, 4) is 0 Å². The van der Waals surface area contributed by atoms with Gasteiger partial charge in [-0.2, -0.15) is 0 Å². The highest BCUT2D eigenvalue weighted by Gasteiger charge is 2.11. The summed E-state index contributed by atoms with van der Waals surface area (Å²) < 4.78 is 15.4. The quantitative estimate of drug-likeness (QED) is 0.440. The zero-order chi connectivity index (χ0) is 18.4. The lowest BCUT2D eigenvalue weighted by Crippen LogP contribution is -2.02. The monoisotopic (exact) mass is 407 g/mol. The van der Waals surface area contributed by atoms with Gasteiger partial charge in [0.2, 0.25) is 0 Å². The number of aromatic nitrogens is 3. The average molecular weight is 408 g/mol. The van der Waals surface area contributed by atoms with Gasteiger partial charge in [-0.25, -0.2) is 4.39 Å². The van der Waals surface area contributed by atoms with Gasteiger partial charge in [-0.15, -0.1) is 22.0 Å². The van der Waals surface area contributed by atoms with Crippen LogP contribution in [-0.4, -0.2) is 14.8 Å². The minimum atomic E-state index is -0.209. The van der Waals surface area contributed by atoms with E-state index in [1.54, 1.807) is 35.7 Å². The Bertz CT molecular complexity index is 852. The Balaban J connectivity index is 1.57. The molecule has 3 nitrogen and oxygen atoms in total. The van der Waals surface area contributed by atoms with Crippen molar-refractivity contribution in [2.24, 2.45) is 0 Å². The SMILES string of the molecule is CCn1c(CSCc2ccc(Cl)cc2)nnc1SCc1cccc(F)c1. The van der Waals surface area contributed by atoms with E-state index < -0.39 is 0 Å². The van der Waals surface area contributed by atoms with E-state index >= 15 is 0 Å². The lowest BCUT2D eigenvalue weighted by atomic mass is 10.2. The number of halogens is 2. The molecule has 0 atom stereocenters. The molecule has 1 aromatic heterocycles. The number of hydrogen-bond acceptors (Lipinski definition) is 4. The van der Waals surface area contributed by atoms with E-state index in [9.17, 15) is 4.39 Å². The van der Waals surface area contributed by atoms with Crippen LogP contribution in [0.5, 0.6) is 0 Å². The first-order chi connectivity index (χ1) is 12.7. The lowest BCUT2D eigenvalue weighted by Gasteiger charge is -2.07.